The van der Waals surface area contributed by atoms with E-state index in [9.17, 15) is 4.79 Å². The van der Waals surface area contributed by atoms with Gasteiger partial charge in [-0.3, -0.25) is 9.79 Å². The predicted octanol–water partition coefficient (Wildman–Crippen LogP) is 3.97. The number of guanidine groups is 1. The van der Waals surface area contributed by atoms with E-state index in [1.165, 1.54) is 12.0 Å². The van der Waals surface area contributed by atoms with Crippen molar-refractivity contribution in [2.24, 2.45) is 4.99 Å². The van der Waals surface area contributed by atoms with Crippen molar-refractivity contribution in [2.75, 3.05) is 26.2 Å². The highest BCUT2D eigenvalue weighted by atomic mass is 127. The molecule has 1 aliphatic rings. The van der Waals surface area contributed by atoms with Crippen LogP contribution in [0.4, 0.5) is 0 Å². The summed E-state index contributed by atoms with van der Waals surface area (Å²) in [5.74, 6) is 1.19. The van der Waals surface area contributed by atoms with E-state index in [1.807, 2.05) is 4.90 Å². The average molecular weight is 500 g/mol. The van der Waals surface area contributed by atoms with E-state index < -0.39 is 0 Å². The second-order valence-corrected chi connectivity index (χ2v) is 7.38. The van der Waals surface area contributed by atoms with E-state index in [0.29, 0.717) is 18.4 Å². The molecule has 28 heavy (non-hydrogen) atoms. The molecule has 1 amide bonds. The maximum Gasteiger partial charge on any atom is 0.222 e. The molecule has 0 radical (unpaired) electrons. The van der Waals surface area contributed by atoms with Gasteiger partial charge in [0.25, 0.3) is 0 Å². The number of carbonyl (C=O) groups excluding carboxylic acids is 1. The van der Waals surface area contributed by atoms with Crippen LogP contribution in [0.2, 0.25) is 0 Å². The average Bonchev–Trinajstić information content (AvgIpc) is 2.88. The van der Waals surface area contributed by atoms with Gasteiger partial charge in [-0.15, -0.1) is 24.0 Å². The zero-order chi connectivity index (χ0) is 19.3. The quantitative estimate of drug-likeness (QED) is 0.234. The van der Waals surface area contributed by atoms with Gasteiger partial charge in [0.15, 0.2) is 5.96 Å². The first kappa shape index (κ1) is 24.7. The van der Waals surface area contributed by atoms with E-state index in [4.69, 9.17) is 4.99 Å². The molecule has 1 atom stereocenters. The van der Waals surface area contributed by atoms with Crippen LogP contribution < -0.4 is 10.6 Å². The number of nitrogens with zero attached hydrogens (tertiary/aromatic N) is 2. The number of aliphatic imine (C=N–C) groups is 1. The van der Waals surface area contributed by atoms with Gasteiger partial charge < -0.3 is 15.5 Å². The number of rotatable bonds is 9. The van der Waals surface area contributed by atoms with E-state index >= 15 is 0 Å². The summed E-state index contributed by atoms with van der Waals surface area (Å²) in [6, 6.07) is 10.9. The number of amides is 1. The van der Waals surface area contributed by atoms with Crippen molar-refractivity contribution < 1.29 is 4.79 Å². The molecule has 2 N–H and O–H groups in total. The van der Waals surface area contributed by atoms with Crippen molar-refractivity contribution in [3.8, 4) is 0 Å². The maximum absolute atomic E-state index is 12.0. The number of carbonyl (C=O) groups is 1. The highest BCUT2D eigenvalue weighted by Crippen LogP contribution is 2.11. The predicted molar refractivity (Wildman–Crippen MR) is 128 cm³/mol. The summed E-state index contributed by atoms with van der Waals surface area (Å²) in [6.07, 6.45) is 7.12. The summed E-state index contributed by atoms with van der Waals surface area (Å²) in [4.78, 5) is 18.8. The number of benzene rings is 1. The lowest BCUT2D eigenvalue weighted by Gasteiger charge is -2.20. The van der Waals surface area contributed by atoms with Crippen LogP contribution in [0.15, 0.2) is 35.3 Å². The van der Waals surface area contributed by atoms with Crippen LogP contribution in [0, 0.1) is 0 Å². The van der Waals surface area contributed by atoms with E-state index in [1.54, 1.807) is 0 Å². The van der Waals surface area contributed by atoms with E-state index in [0.717, 1.165) is 64.2 Å². The normalized spacial score (nSPS) is 16.1. The fourth-order valence-corrected chi connectivity index (χ4v) is 3.38. The van der Waals surface area contributed by atoms with Crippen LogP contribution in [0.3, 0.4) is 0 Å². The van der Waals surface area contributed by atoms with Crippen molar-refractivity contribution in [3.05, 3.63) is 35.9 Å². The highest BCUT2D eigenvalue weighted by molar-refractivity contribution is 14.0. The molecular weight excluding hydrogens is 463 g/mol. The van der Waals surface area contributed by atoms with Gasteiger partial charge in [0, 0.05) is 38.6 Å². The number of likely N-dealkylation sites (tertiary alicyclic amines) is 1. The lowest BCUT2D eigenvalue weighted by molar-refractivity contribution is -0.130. The molecule has 1 fully saturated rings. The van der Waals surface area contributed by atoms with Gasteiger partial charge in [-0.2, -0.15) is 0 Å². The Labute approximate surface area is 187 Å². The SMILES string of the molecule is CCNC(=NCCCN1CCCCCC1=O)NC(C)CCc1ccccc1.I. The van der Waals surface area contributed by atoms with Crippen LogP contribution in [-0.2, 0) is 11.2 Å². The molecule has 6 heteroatoms. The van der Waals surface area contributed by atoms with E-state index in [2.05, 4.69) is 54.8 Å². The van der Waals surface area contributed by atoms with Gasteiger partial charge in [-0.05, 0) is 51.5 Å². The Morgan fingerprint density at radius 2 is 2.00 bits per heavy atom. The maximum atomic E-state index is 12.0. The summed E-state index contributed by atoms with van der Waals surface area (Å²) in [5, 5.41) is 6.83. The smallest absolute Gasteiger partial charge is 0.222 e. The first-order valence-electron chi connectivity index (χ1n) is 10.6. The van der Waals surface area contributed by atoms with Gasteiger partial charge in [0.2, 0.25) is 5.91 Å². The van der Waals surface area contributed by atoms with Crippen LogP contribution in [-0.4, -0.2) is 49.0 Å². The standard InChI is InChI=1S/C22H36N4O.HI/c1-3-23-22(25-19(2)14-15-20-11-6-4-7-12-20)24-16-10-18-26-17-9-5-8-13-21(26)27;/h4,6-7,11-12,19H,3,5,8-10,13-18H2,1-2H3,(H2,23,24,25);1H. The molecule has 2 rings (SSSR count). The van der Waals surface area contributed by atoms with Crippen LogP contribution >= 0.6 is 24.0 Å². The molecule has 1 aliphatic heterocycles. The van der Waals surface area contributed by atoms with E-state index in [-0.39, 0.29) is 24.0 Å². The molecule has 0 aliphatic carbocycles. The lowest BCUT2D eigenvalue weighted by Crippen LogP contribution is -2.42. The van der Waals surface area contributed by atoms with Crippen LogP contribution in [0.5, 0.6) is 0 Å². The van der Waals surface area contributed by atoms with Crippen molar-refractivity contribution in [2.45, 2.75) is 64.8 Å². The Balaban J connectivity index is 0.00000392. The summed E-state index contributed by atoms with van der Waals surface area (Å²) in [6.45, 7) is 7.61. The minimum atomic E-state index is 0. The lowest BCUT2D eigenvalue weighted by atomic mass is 10.1. The summed E-state index contributed by atoms with van der Waals surface area (Å²) >= 11 is 0. The molecule has 1 heterocycles. The molecule has 1 saturated heterocycles. The first-order chi connectivity index (χ1) is 13.2. The summed E-state index contributed by atoms with van der Waals surface area (Å²) in [7, 11) is 0. The first-order valence-corrected chi connectivity index (χ1v) is 10.6. The second-order valence-electron chi connectivity index (χ2n) is 7.38. The molecule has 0 bridgehead atoms. The third-order valence-corrected chi connectivity index (χ3v) is 4.96. The highest BCUT2D eigenvalue weighted by Gasteiger charge is 2.15. The van der Waals surface area contributed by atoms with Crippen molar-refractivity contribution in [3.63, 3.8) is 0 Å². The Morgan fingerprint density at radius 3 is 2.75 bits per heavy atom. The third-order valence-electron chi connectivity index (χ3n) is 4.96. The van der Waals surface area contributed by atoms with Crippen LogP contribution in [0.1, 0.15) is 57.9 Å². The molecule has 1 unspecified atom stereocenters. The Bertz CT molecular complexity index is 579. The fraction of sp³-hybridized carbons (Fsp3) is 0.636. The minimum absolute atomic E-state index is 0. The Morgan fingerprint density at radius 1 is 1.21 bits per heavy atom. The molecule has 5 nitrogen and oxygen atoms in total. The van der Waals surface area contributed by atoms with Gasteiger partial charge in [0.1, 0.15) is 0 Å². The summed E-state index contributed by atoms with van der Waals surface area (Å²) < 4.78 is 0. The van der Waals surface area contributed by atoms with Crippen molar-refractivity contribution in [1.82, 2.24) is 15.5 Å². The second kappa shape index (κ2) is 14.7. The Hall–Kier alpha value is -1.31. The Kier molecular flexibility index (Phi) is 12.9. The zero-order valence-corrected chi connectivity index (χ0v) is 19.8. The fourth-order valence-electron chi connectivity index (χ4n) is 3.38. The molecule has 1 aromatic carbocycles. The number of hydrogen-bond donors (Lipinski definition) is 2. The van der Waals surface area contributed by atoms with Gasteiger partial charge in [-0.25, -0.2) is 0 Å². The topological polar surface area (TPSA) is 56.7 Å². The molecule has 0 spiro atoms. The molecule has 158 valence electrons. The van der Waals surface area contributed by atoms with Crippen molar-refractivity contribution in [1.29, 1.82) is 0 Å². The zero-order valence-electron chi connectivity index (χ0n) is 17.5. The molecular formula is C22H37IN4O. The number of aryl methyl sites for hydroxylation is 1. The molecule has 0 aromatic heterocycles. The number of nitrogens with one attached hydrogen (secondary N) is 2. The third kappa shape index (κ3) is 9.75. The van der Waals surface area contributed by atoms with Gasteiger partial charge >= 0.3 is 0 Å². The molecule has 1 aromatic rings. The number of halogens is 1. The summed E-state index contributed by atoms with van der Waals surface area (Å²) in [5.41, 5.74) is 1.37. The van der Waals surface area contributed by atoms with Crippen LogP contribution in [0.25, 0.3) is 0 Å². The number of hydrogen-bond acceptors (Lipinski definition) is 2. The monoisotopic (exact) mass is 500 g/mol. The largest absolute Gasteiger partial charge is 0.357 e. The van der Waals surface area contributed by atoms with Crippen molar-refractivity contribution >= 4 is 35.8 Å². The minimum Gasteiger partial charge on any atom is -0.357 e. The van der Waals surface area contributed by atoms with Gasteiger partial charge in [-0.1, -0.05) is 36.8 Å². The van der Waals surface area contributed by atoms with Gasteiger partial charge in [0.05, 0.1) is 0 Å². The molecule has 0 saturated carbocycles.